The third-order valence-corrected chi connectivity index (χ3v) is 3.66. The molecule has 0 aromatic heterocycles. The molecule has 0 spiro atoms. The van der Waals surface area contributed by atoms with Crippen LogP contribution < -0.4 is 15.4 Å². The van der Waals surface area contributed by atoms with E-state index in [1.165, 1.54) is 0 Å². The first-order valence-electron chi connectivity index (χ1n) is 8.58. The summed E-state index contributed by atoms with van der Waals surface area (Å²) in [6.45, 7) is 1.76. The van der Waals surface area contributed by atoms with Gasteiger partial charge in [-0.15, -0.1) is 0 Å². The van der Waals surface area contributed by atoms with Crippen molar-refractivity contribution in [2.24, 2.45) is 0 Å². The van der Waals surface area contributed by atoms with Crippen LogP contribution in [0.5, 0.6) is 5.75 Å². The number of hydrogen-bond donors (Lipinski definition) is 3. The molecule has 0 heterocycles. The molecular weight excluding hydrogens is 332 g/mol. The maximum atomic E-state index is 11.9. The van der Waals surface area contributed by atoms with Crippen LogP contribution in [-0.4, -0.2) is 36.2 Å². The summed E-state index contributed by atoms with van der Waals surface area (Å²) in [6, 6.07) is 16.4. The lowest BCUT2D eigenvalue weighted by Gasteiger charge is -2.13. The van der Waals surface area contributed by atoms with Gasteiger partial charge >= 0.3 is 0 Å². The van der Waals surface area contributed by atoms with Crippen molar-refractivity contribution < 1.29 is 19.4 Å². The maximum absolute atomic E-state index is 11.9. The number of aliphatic hydroxyl groups excluding tert-OH is 1. The van der Waals surface area contributed by atoms with Crippen LogP contribution in [0.1, 0.15) is 18.9 Å². The molecule has 6 heteroatoms. The van der Waals surface area contributed by atoms with Gasteiger partial charge in [-0.1, -0.05) is 43.3 Å². The van der Waals surface area contributed by atoms with Crippen LogP contribution in [-0.2, 0) is 16.0 Å². The van der Waals surface area contributed by atoms with Crippen LogP contribution in [0, 0.1) is 0 Å². The average molecular weight is 356 g/mol. The maximum Gasteiger partial charge on any atom is 0.258 e. The molecule has 1 atom stereocenters. The summed E-state index contributed by atoms with van der Waals surface area (Å²) in [4.78, 5) is 23.3. The lowest BCUT2D eigenvalue weighted by molar-refractivity contribution is -0.123. The molecular formula is C20H24N2O4. The third kappa shape index (κ3) is 6.94. The number of aliphatic hydroxyl groups is 1. The highest BCUT2D eigenvalue weighted by atomic mass is 16.5. The Bertz CT molecular complexity index is 719. The zero-order valence-corrected chi connectivity index (χ0v) is 14.8. The summed E-state index contributed by atoms with van der Waals surface area (Å²) in [5.74, 6) is 0.0753. The molecule has 0 fully saturated rings. The van der Waals surface area contributed by atoms with Crippen LogP contribution in [0.3, 0.4) is 0 Å². The number of rotatable bonds is 9. The standard InChI is InChI=1S/C20H24N2O4/c1-2-19(24)22-16-9-6-10-18(12-16)26-14-20(25)21-13-17(23)11-15-7-4-3-5-8-15/h3-10,12,17,23H,2,11,13-14H2,1H3,(H,21,25)(H,22,24)/t17-/m0/s1. The first kappa shape index (κ1) is 19.5. The van der Waals surface area contributed by atoms with E-state index in [0.29, 0.717) is 24.3 Å². The van der Waals surface area contributed by atoms with Crippen molar-refractivity contribution in [1.29, 1.82) is 0 Å². The number of carbonyl (C=O) groups is 2. The number of hydrogen-bond acceptors (Lipinski definition) is 4. The second-order valence-corrected chi connectivity index (χ2v) is 5.87. The molecule has 0 aliphatic carbocycles. The van der Waals surface area contributed by atoms with Gasteiger partial charge in [-0.2, -0.15) is 0 Å². The fourth-order valence-electron chi connectivity index (χ4n) is 2.30. The minimum absolute atomic E-state index is 0.0905. The molecule has 0 unspecified atom stereocenters. The van der Waals surface area contributed by atoms with Crippen molar-refractivity contribution >= 4 is 17.5 Å². The van der Waals surface area contributed by atoms with Crippen LogP contribution in [0.15, 0.2) is 54.6 Å². The SMILES string of the molecule is CCC(=O)Nc1cccc(OCC(=O)NC[C@@H](O)Cc2ccccc2)c1. The molecule has 2 amide bonds. The molecule has 0 saturated carbocycles. The minimum Gasteiger partial charge on any atom is -0.484 e. The van der Waals surface area contributed by atoms with Gasteiger partial charge in [0, 0.05) is 31.1 Å². The number of anilines is 1. The summed E-state index contributed by atoms with van der Waals surface area (Å²) >= 11 is 0. The van der Waals surface area contributed by atoms with E-state index in [0.717, 1.165) is 5.56 Å². The van der Waals surface area contributed by atoms with Gasteiger partial charge in [0.15, 0.2) is 6.61 Å². The van der Waals surface area contributed by atoms with Crippen molar-refractivity contribution in [2.45, 2.75) is 25.9 Å². The second kappa shape index (κ2) is 10.2. The van der Waals surface area contributed by atoms with E-state index in [9.17, 15) is 14.7 Å². The van der Waals surface area contributed by atoms with Crippen molar-refractivity contribution in [1.82, 2.24) is 5.32 Å². The van der Waals surface area contributed by atoms with E-state index in [1.54, 1.807) is 31.2 Å². The highest BCUT2D eigenvalue weighted by Crippen LogP contribution is 2.17. The van der Waals surface area contributed by atoms with Crippen molar-refractivity contribution in [2.75, 3.05) is 18.5 Å². The molecule has 2 rings (SSSR count). The molecule has 6 nitrogen and oxygen atoms in total. The molecule has 0 radical (unpaired) electrons. The topological polar surface area (TPSA) is 87.7 Å². The lowest BCUT2D eigenvalue weighted by atomic mass is 10.1. The van der Waals surface area contributed by atoms with E-state index < -0.39 is 6.10 Å². The zero-order valence-electron chi connectivity index (χ0n) is 14.8. The van der Waals surface area contributed by atoms with Gasteiger partial charge < -0.3 is 20.5 Å². The molecule has 0 bridgehead atoms. The van der Waals surface area contributed by atoms with E-state index in [-0.39, 0.29) is 25.0 Å². The van der Waals surface area contributed by atoms with Gasteiger partial charge in [-0.3, -0.25) is 9.59 Å². The van der Waals surface area contributed by atoms with E-state index in [4.69, 9.17) is 4.74 Å². The fourth-order valence-corrected chi connectivity index (χ4v) is 2.30. The number of amides is 2. The Labute approximate surface area is 153 Å². The first-order valence-corrected chi connectivity index (χ1v) is 8.58. The molecule has 0 saturated heterocycles. The third-order valence-electron chi connectivity index (χ3n) is 3.66. The zero-order chi connectivity index (χ0) is 18.8. The Morgan fingerprint density at radius 1 is 1.08 bits per heavy atom. The Balaban J connectivity index is 1.73. The van der Waals surface area contributed by atoms with E-state index in [1.807, 2.05) is 30.3 Å². The first-order chi connectivity index (χ1) is 12.6. The molecule has 26 heavy (non-hydrogen) atoms. The molecule has 2 aromatic rings. The van der Waals surface area contributed by atoms with Gasteiger partial charge in [0.1, 0.15) is 5.75 Å². The highest BCUT2D eigenvalue weighted by molar-refractivity contribution is 5.90. The Kier molecular flexibility index (Phi) is 7.64. The smallest absolute Gasteiger partial charge is 0.258 e. The number of ether oxygens (including phenoxy) is 1. The largest absolute Gasteiger partial charge is 0.484 e. The molecule has 138 valence electrons. The van der Waals surface area contributed by atoms with Crippen LogP contribution in [0.25, 0.3) is 0 Å². The molecule has 0 aliphatic rings. The van der Waals surface area contributed by atoms with Crippen molar-refractivity contribution in [3.05, 3.63) is 60.2 Å². The Morgan fingerprint density at radius 3 is 2.58 bits per heavy atom. The van der Waals surface area contributed by atoms with E-state index in [2.05, 4.69) is 10.6 Å². The van der Waals surface area contributed by atoms with Crippen LogP contribution >= 0.6 is 0 Å². The minimum atomic E-state index is -0.658. The average Bonchev–Trinajstić information content (AvgIpc) is 2.65. The van der Waals surface area contributed by atoms with Crippen LogP contribution in [0.4, 0.5) is 5.69 Å². The Hall–Kier alpha value is -2.86. The van der Waals surface area contributed by atoms with Gasteiger partial charge in [-0.25, -0.2) is 0 Å². The van der Waals surface area contributed by atoms with Crippen molar-refractivity contribution in [3.8, 4) is 5.75 Å². The number of nitrogens with one attached hydrogen (secondary N) is 2. The van der Waals surface area contributed by atoms with Gasteiger partial charge in [0.05, 0.1) is 6.10 Å². The van der Waals surface area contributed by atoms with Crippen LogP contribution in [0.2, 0.25) is 0 Å². The van der Waals surface area contributed by atoms with Gasteiger partial charge in [-0.05, 0) is 17.7 Å². The molecule has 0 aliphatic heterocycles. The lowest BCUT2D eigenvalue weighted by Crippen LogP contribution is -2.36. The van der Waals surface area contributed by atoms with E-state index >= 15 is 0 Å². The summed E-state index contributed by atoms with van der Waals surface area (Å²) in [5.41, 5.74) is 1.63. The highest BCUT2D eigenvalue weighted by Gasteiger charge is 2.09. The summed E-state index contributed by atoms with van der Waals surface area (Å²) < 4.78 is 5.43. The second-order valence-electron chi connectivity index (χ2n) is 5.87. The number of carbonyl (C=O) groups excluding carboxylic acids is 2. The molecule has 3 N–H and O–H groups in total. The quantitative estimate of drug-likeness (QED) is 0.642. The molecule has 2 aromatic carbocycles. The summed E-state index contributed by atoms with van der Waals surface area (Å²) in [6.07, 6.45) is 0.203. The predicted molar refractivity (Wildman–Crippen MR) is 100 cm³/mol. The summed E-state index contributed by atoms with van der Waals surface area (Å²) in [5, 5.41) is 15.4. The van der Waals surface area contributed by atoms with Crippen molar-refractivity contribution in [3.63, 3.8) is 0 Å². The van der Waals surface area contributed by atoms with Gasteiger partial charge in [0.2, 0.25) is 5.91 Å². The normalized spacial score (nSPS) is 11.5. The summed E-state index contributed by atoms with van der Waals surface area (Å²) in [7, 11) is 0. The number of benzene rings is 2. The van der Waals surface area contributed by atoms with Gasteiger partial charge in [0.25, 0.3) is 5.91 Å². The monoisotopic (exact) mass is 356 g/mol. The predicted octanol–water partition coefficient (Wildman–Crippen LogP) is 2.13. The Morgan fingerprint density at radius 2 is 1.85 bits per heavy atom. The fraction of sp³-hybridized carbons (Fsp3) is 0.300.